The number of nitrogens with zero attached hydrogens (tertiary/aromatic N) is 1. The molecule has 25 heavy (non-hydrogen) atoms. The van der Waals surface area contributed by atoms with E-state index in [1.165, 1.54) is 18.2 Å². The second-order valence-corrected chi connectivity index (χ2v) is 7.75. The molecule has 0 spiro atoms. The van der Waals surface area contributed by atoms with E-state index < -0.39 is 21.9 Å². The van der Waals surface area contributed by atoms with Gasteiger partial charge in [-0.1, -0.05) is 12.1 Å². The van der Waals surface area contributed by atoms with Crippen LogP contribution < -0.4 is 15.8 Å². The van der Waals surface area contributed by atoms with Crippen LogP contribution in [-0.4, -0.2) is 38.8 Å². The fourth-order valence-electron chi connectivity index (χ4n) is 2.45. The number of benzene rings is 1. The minimum Gasteiger partial charge on any atom is -0.404 e. The maximum Gasteiger partial charge on any atom is 0.573 e. The summed E-state index contributed by atoms with van der Waals surface area (Å²) in [7, 11) is -3.04. The van der Waals surface area contributed by atoms with Gasteiger partial charge in [-0.2, -0.15) is 0 Å². The number of aliphatic imine (C=N–C) groups is 1. The highest BCUT2D eigenvalue weighted by atomic mass is 127. The molecule has 1 atom stereocenters. The Bertz CT molecular complexity index is 711. The highest BCUT2D eigenvalue weighted by molar-refractivity contribution is 14.0. The molecular formula is C14H19F3IN3O3S. The summed E-state index contributed by atoms with van der Waals surface area (Å²) in [4.78, 5) is 4.03. The number of guanidine groups is 1. The molecule has 1 aromatic carbocycles. The first-order valence-corrected chi connectivity index (χ1v) is 9.09. The summed E-state index contributed by atoms with van der Waals surface area (Å²) in [5, 5.41) is 2.55. The van der Waals surface area contributed by atoms with Crippen LogP contribution in [-0.2, 0) is 9.84 Å². The average Bonchev–Trinajstić information content (AvgIpc) is 2.45. The zero-order chi connectivity index (χ0) is 17.8. The van der Waals surface area contributed by atoms with Crippen LogP contribution in [0.1, 0.15) is 12.8 Å². The van der Waals surface area contributed by atoms with Crippen LogP contribution in [0.4, 0.5) is 18.9 Å². The Kier molecular flexibility index (Phi) is 7.78. The van der Waals surface area contributed by atoms with E-state index in [-0.39, 0.29) is 59.6 Å². The number of hydrogen-bond acceptors (Lipinski definition) is 4. The fraction of sp³-hybridized carbons (Fsp3) is 0.500. The van der Waals surface area contributed by atoms with Gasteiger partial charge >= 0.3 is 6.36 Å². The topological polar surface area (TPSA) is 93.8 Å². The molecule has 1 aliphatic rings. The lowest BCUT2D eigenvalue weighted by atomic mass is 10.1. The van der Waals surface area contributed by atoms with Crippen LogP contribution in [0.2, 0.25) is 0 Å². The van der Waals surface area contributed by atoms with Gasteiger partial charge in [-0.25, -0.2) is 8.42 Å². The number of rotatable bonds is 4. The van der Waals surface area contributed by atoms with Gasteiger partial charge in [0.1, 0.15) is 0 Å². The lowest BCUT2D eigenvalue weighted by Crippen LogP contribution is -2.29. The van der Waals surface area contributed by atoms with Crippen LogP contribution in [0.25, 0.3) is 0 Å². The lowest BCUT2D eigenvalue weighted by Gasteiger charge is -2.20. The van der Waals surface area contributed by atoms with Crippen LogP contribution in [0, 0.1) is 5.92 Å². The summed E-state index contributed by atoms with van der Waals surface area (Å²) < 4.78 is 64.1. The van der Waals surface area contributed by atoms with E-state index >= 15 is 0 Å². The van der Waals surface area contributed by atoms with Crippen molar-refractivity contribution in [2.45, 2.75) is 19.2 Å². The molecule has 142 valence electrons. The second kappa shape index (κ2) is 8.92. The molecule has 1 aromatic rings. The van der Waals surface area contributed by atoms with Crippen molar-refractivity contribution in [1.82, 2.24) is 0 Å². The standard InChI is InChI=1S/C14H18F3N3O3S.HI/c15-14(16,17)23-12-6-2-1-5-11(12)20-13(18)19-8-10-4-3-7-24(21,22)9-10;/h1-2,5-6,10H,3-4,7-9H2,(H3,18,19,20);1H. The van der Waals surface area contributed by atoms with Gasteiger partial charge in [0, 0.05) is 6.54 Å². The first-order valence-electron chi connectivity index (χ1n) is 7.27. The first kappa shape index (κ1) is 21.8. The molecule has 3 N–H and O–H groups in total. The zero-order valence-electron chi connectivity index (χ0n) is 13.1. The molecule has 0 saturated carbocycles. The molecule has 6 nitrogen and oxygen atoms in total. The normalized spacial score (nSPS) is 20.4. The van der Waals surface area contributed by atoms with E-state index in [9.17, 15) is 21.6 Å². The van der Waals surface area contributed by atoms with Gasteiger partial charge in [-0.15, -0.1) is 37.1 Å². The number of alkyl halides is 3. The SMILES string of the molecule is I.NC(=NCC1CCCS(=O)(=O)C1)Nc1ccccc1OC(F)(F)F. The third-order valence-electron chi connectivity index (χ3n) is 3.45. The molecule has 0 amide bonds. The zero-order valence-corrected chi connectivity index (χ0v) is 16.3. The maximum absolute atomic E-state index is 12.4. The van der Waals surface area contributed by atoms with Crippen molar-refractivity contribution in [3.8, 4) is 5.75 Å². The molecule has 1 saturated heterocycles. The van der Waals surface area contributed by atoms with E-state index in [0.29, 0.717) is 6.42 Å². The number of para-hydroxylation sites is 2. The first-order chi connectivity index (χ1) is 11.1. The lowest BCUT2D eigenvalue weighted by molar-refractivity contribution is -0.274. The summed E-state index contributed by atoms with van der Waals surface area (Å²) in [6, 6.07) is 5.43. The van der Waals surface area contributed by atoms with Gasteiger partial charge in [0.15, 0.2) is 21.5 Å². The number of ether oxygens (including phenoxy) is 1. The number of hydrogen-bond donors (Lipinski definition) is 2. The Morgan fingerprint density at radius 2 is 2.04 bits per heavy atom. The van der Waals surface area contributed by atoms with Gasteiger partial charge in [-0.3, -0.25) is 4.99 Å². The van der Waals surface area contributed by atoms with Gasteiger partial charge in [-0.05, 0) is 30.9 Å². The van der Waals surface area contributed by atoms with E-state index in [1.807, 2.05) is 0 Å². The number of nitrogens with two attached hydrogens (primary N) is 1. The summed E-state index contributed by atoms with van der Waals surface area (Å²) in [6.07, 6.45) is -3.51. The molecule has 11 heteroatoms. The molecule has 0 radical (unpaired) electrons. The molecular weight excluding hydrogens is 474 g/mol. The predicted octanol–water partition coefficient (Wildman–Crippen LogP) is 2.75. The number of sulfone groups is 1. The highest BCUT2D eigenvalue weighted by Gasteiger charge is 2.32. The minimum absolute atomic E-state index is 0. The molecule has 1 aliphatic heterocycles. The quantitative estimate of drug-likeness (QED) is 0.383. The Balaban J connectivity index is 0.00000312. The Morgan fingerprint density at radius 3 is 2.68 bits per heavy atom. The summed E-state index contributed by atoms with van der Waals surface area (Å²) >= 11 is 0. The van der Waals surface area contributed by atoms with Crippen molar-refractivity contribution < 1.29 is 26.3 Å². The predicted molar refractivity (Wildman–Crippen MR) is 100 cm³/mol. The van der Waals surface area contributed by atoms with Crippen molar-refractivity contribution in [2.75, 3.05) is 23.4 Å². The van der Waals surface area contributed by atoms with Crippen molar-refractivity contribution in [3.05, 3.63) is 24.3 Å². The molecule has 1 unspecified atom stereocenters. The van der Waals surface area contributed by atoms with Gasteiger partial charge in [0.2, 0.25) is 0 Å². The van der Waals surface area contributed by atoms with E-state index in [0.717, 1.165) is 12.5 Å². The minimum atomic E-state index is -4.82. The van der Waals surface area contributed by atoms with Crippen LogP contribution in [0.5, 0.6) is 5.75 Å². The summed E-state index contributed by atoms with van der Waals surface area (Å²) in [5.41, 5.74) is 5.70. The maximum atomic E-state index is 12.4. The molecule has 0 bridgehead atoms. The average molecular weight is 493 g/mol. The monoisotopic (exact) mass is 493 g/mol. The molecule has 1 heterocycles. The second-order valence-electron chi connectivity index (χ2n) is 5.52. The van der Waals surface area contributed by atoms with Crippen LogP contribution in [0.3, 0.4) is 0 Å². The number of halogens is 4. The Labute approximate surface area is 161 Å². The molecule has 0 aromatic heterocycles. The third-order valence-corrected chi connectivity index (χ3v) is 5.34. The Hall–Kier alpha value is -1.24. The van der Waals surface area contributed by atoms with E-state index in [4.69, 9.17) is 5.73 Å². The van der Waals surface area contributed by atoms with Crippen molar-refractivity contribution in [3.63, 3.8) is 0 Å². The van der Waals surface area contributed by atoms with E-state index in [2.05, 4.69) is 15.0 Å². The van der Waals surface area contributed by atoms with Crippen molar-refractivity contribution in [1.29, 1.82) is 0 Å². The van der Waals surface area contributed by atoms with Gasteiger partial charge in [0.05, 0.1) is 17.2 Å². The highest BCUT2D eigenvalue weighted by Crippen LogP contribution is 2.29. The number of nitrogens with one attached hydrogen (secondary N) is 1. The van der Waals surface area contributed by atoms with Crippen LogP contribution >= 0.6 is 24.0 Å². The van der Waals surface area contributed by atoms with E-state index in [1.54, 1.807) is 0 Å². The molecule has 1 fully saturated rings. The fourth-order valence-corrected chi connectivity index (χ4v) is 4.21. The van der Waals surface area contributed by atoms with Gasteiger partial charge < -0.3 is 15.8 Å². The molecule has 2 rings (SSSR count). The smallest absolute Gasteiger partial charge is 0.404 e. The summed E-state index contributed by atoms with van der Waals surface area (Å²) in [5.74, 6) is -0.425. The van der Waals surface area contributed by atoms with Crippen LogP contribution in [0.15, 0.2) is 29.3 Å². The Morgan fingerprint density at radius 1 is 1.36 bits per heavy atom. The van der Waals surface area contributed by atoms with Crippen molar-refractivity contribution in [2.24, 2.45) is 16.6 Å². The third kappa shape index (κ3) is 7.67. The van der Waals surface area contributed by atoms with Crippen molar-refractivity contribution >= 4 is 45.5 Å². The van der Waals surface area contributed by atoms with Gasteiger partial charge in [0.25, 0.3) is 0 Å². The summed E-state index contributed by atoms with van der Waals surface area (Å²) in [6.45, 7) is 0.195. The molecule has 0 aliphatic carbocycles. The number of anilines is 1. The largest absolute Gasteiger partial charge is 0.573 e.